The van der Waals surface area contributed by atoms with Crippen molar-refractivity contribution in [3.63, 3.8) is 0 Å². The summed E-state index contributed by atoms with van der Waals surface area (Å²) in [5, 5.41) is 10.7. The van der Waals surface area contributed by atoms with Gasteiger partial charge < -0.3 is 5.11 Å². The molecular weight excluding hydrogens is 329 g/mol. The summed E-state index contributed by atoms with van der Waals surface area (Å²) in [5.41, 5.74) is 0. The number of piperazine rings is 1. The molecule has 1 aliphatic heterocycles. The summed E-state index contributed by atoms with van der Waals surface area (Å²) in [6.07, 6.45) is -4.28. The maximum Gasteiger partial charge on any atom is 0.401 e. The summed E-state index contributed by atoms with van der Waals surface area (Å²) in [7, 11) is -3.75. The van der Waals surface area contributed by atoms with Crippen LogP contribution < -0.4 is 0 Å². The highest BCUT2D eigenvalue weighted by atomic mass is 32.2. The van der Waals surface area contributed by atoms with Gasteiger partial charge >= 0.3 is 6.18 Å². The van der Waals surface area contributed by atoms with Crippen LogP contribution in [0.4, 0.5) is 13.2 Å². The average molecular weight is 344 g/mol. The minimum Gasteiger partial charge on any atom is -0.391 e. The van der Waals surface area contributed by atoms with Crippen LogP contribution in [0.1, 0.15) is 4.88 Å². The van der Waals surface area contributed by atoms with E-state index in [-0.39, 0.29) is 37.7 Å². The minimum absolute atomic E-state index is 0.0130. The first kappa shape index (κ1) is 16.7. The molecule has 2 heterocycles. The molecule has 0 radical (unpaired) electrons. The lowest BCUT2D eigenvalue weighted by Crippen LogP contribution is -2.50. The highest BCUT2D eigenvalue weighted by Crippen LogP contribution is 2.26. The molecule has 1 aromatic heterocycles. The van der Waals surface area contributed by atoms with E-state index in [9.17, 15) is 21.6 Å². The van der Waals surface area contributed by atoms with Gasteiger partial charge in [-0.1, -0.05) is 0 Å². The molecule has 120 valence electrons. The predicted octanol–water partition coefficient (Wildman–Crippen LogP) is 1.11. The van der Waals surface area contributed by atoms with Crippen molar-refractivity contribution in [2.75, 3.05) is 32.7 Å². The Balaban J connectivity index is 2.05. The van der Waals surface area contributed by atoms with Gasteiger partial charge in [0.15, 0.2) is 0 Å². The van der Waals surface area contributed by atoms with Crippen LogP contribution in [0.25, 0.3) is 0 Å². The number of aliphatic hydroxyl groups is 1. The molecule has 0 saturated carbocycles. The van der Waals surface area contributed by atoms with Gasteiger partial charge in [-0.2, -0.15) is 17.5 Å². The zero-order valence-corrected chi connectivity index (χ0v) is 12.6. The van der Waals surface area contributed by atoms with Gasteiger partial charge in [-0.05, 0) is 11.4 Å². The maximum absolute atomic E-state index is 12.4. The van der Waals surface area contributed by atoms with Crippen LogP contribution in [0.2, 0.25) is 0 Å². The van der Waals surface area contributed by atoms with Crippen molar-refractivity contribution in [3.8, 4) is 0 Å². The van der Waals surface area contributed by atoms with Crippen molar-refractivity contribution in [2.24, 2.45) is 0 Å². The fourth-order valence-electron chi connectivity index (χ4n) is 2.19. The number of hydrogen-bond donors (Lipinski definition) is 1. The Bertz CT molecular complexity index is 578. The third kappa shape index (κ3) is 3.95. The molecule has 0 atom stereocenters. The van der Waals surface area contributed by atoms with E-state index in [4.69, 9.17) is 5.11 Å². The van der Waals surface area contributed by atoms with Crippen molar-refractivity contribution >= 4 is 21.4 Å². The molecule has 1 saturated heterocycles. The van der Waals surface area contributed by atoms with Gasteiger partial charge in [0.25, 0.3) is 0 Å². The van der Waals surface area contributed by atoms with Crippen molar-refractivity contribution in [1.82, 2.24) is 9.21 Å². The molecule has 21 heavy (non-hydrogen) atoms. The molecule has 10 heteroatoms. The summed E-state index contributed by atoms with van der Waals surface area (Å²) in [4.78, 5) is 1.57. The van der Waals surface area contributed by atoms with Crippen LogP contribution in [0.3, 0.4) is 0 Å². The second kappa shape index (κ2) is 6.21. The standard InChI is InChI=1S/C11H15F3N2O3S2/c12-11(13,14)8-15-2-4-16(5-3-15)21(18,19)10-1-6-20-9(10)7-17/h1,6,17H,2-5,7-8H2. The number of sulfonamides is 1. The predicted molar refractivity (Wildman–Crippen MR) is 71.5 cm³/mol. The van der Waals surface area contributed by atoms with E-state index in [0.717, 1.165) is 11.3 Å². The largest absolute Gasteiger partial charge is 0.401 e. The summed E-state index contributed by atoms with van der Waals surface area (Å²) >= 11 is 1.13. The smallest absolute Gasteiger partial charge is 0.391 e. The zero-order chi connectivity index (χ0) is 15.7. The minimum atomic E-state index is -4.28. The monoisotopic (exact) mass is 344 g/mol. The quantitative estimate of drug-likeness (QED) is 0.889. The van der Waals surface area contributed by atoms with Gasteiger partial charge in [0.2, 0.25) is 10.0 Å². The van der Waals surface area contributed by atoms with E-state index in [1.807, 2.05) is 0 Å². The Hall–Kier alpha value is -0.680. The Morgan fingerprint density at radius 1 is 1.24 bits per heavy atom. The van der Waals surface area contributed by atoms with Crippen LogP contribution in [-0.4, -0.2) is 61.6 Å². The number of aliphatic hydroxyl groups excluding tert-OH is 1. The fraction of sp³-hybridized carbons (Fsp3) is 0.636. The lowest BCUT2D eigenvalue weighted by Gasteiger charge is -2.34. The van der Waals surface area contributed by atoms with E-state index in [2.05, 4.69) is 0 Å². The van der Waals surface area contributed by atoms with E-state index in [1.54, 1.807) is 5.38 Å². The molecule has 0 amide bonds. The van der Waals surface area contributed by atoms with Crippen molar-refractivity contribution < 1.29 is 26.7 Å². The molecule has 1 aromatic rings. The van der Waals surface area contributed by atoms with E-state index in [1.165, 1.54) is 15.3 Å². The van der Waals surface area contributed by atoms with Crippen LogP contribution in [0.5, 0.6) is 0 Å². The Morgan fingerprint density at radius 2 is 1.86 bits per heavy atom. The number of halogens is 3. The lowest BCUT2D eigenvalue weighted by atomic mass is 10.3. The molecule has 1 fully saturated rings. The van der Waals surface area contributed by atoms with Gasteiger partial charge in [0, 0.05) is 31.1 Å². The molecule has 5 nitrogen and oxygen atoms in total. The molecule has 1 aliphatic rings. The number of hydrogen-bond acceptors (Lipinski definition) is 5. The summed E-state index contributed by atoms with van der Waals surface area (Å²) in [6.45, 7) is -1.30. The molecule has 0 aromatic carbocycles. The van der Waals surface area contributed by atoms with Crippen molar-refractivity contribution in [2.45, 2.75) is 17.7 Å². The van der Waals surface area contributed by atoms with Crippen LogP contribution in [-0.2, 0) is 16.6 Å². The topological polar surface area (TPSA) is 60.9 Å². The second-order valence-electron chi connectivity index (χ2n) is 4.66. The summed E-state index contributed by atoms with van der Waals surface area (Å²) < 4.78 is 62.8. The first-order valence-corrected chi connectivity index (χ1v) is 8.52. The van der Waals surface area contributed by atoms with E-state index >= 15 is 0 Å². The molecule has 1 N–H and O–H groups in total. The maximum atomic E-state index is 12.4. The van der Waals surface area contributed by atoms with E-state index < -0.39 is 22.7 Å². The van der Waals surface area contributed by atoms with Crippen molar-refractivity contribution in [1.29, 1.82) is 0 Å². The van der Waals surface area contributed by atoms with Gasteiger partial charge in [0.05, 0.1) is 18.0 Å². The SMILES string of the molecule is O=S(=O)(c1ccsc1CO)N1CCN(CC(F)(F)F)CC1. The number of rotatable bonds is 4. The molecule has 2 rings (SSSR count). The number of alkyl halides is 3. The van der Waals surface area contributed by atoms with Gasteiger partial charge in [-0.15, -0.1) is 11.3 Å². The molecule has 0 unspecified atom stereocenters. The Labute approximate surface area is 124 Å². The molecule has 0 aliphatic carbocycles. The van der Waals surface area contributed by atoms with Gasteiger partial charge in [-0.25, -0.2) is 8.42 Å². The summed E-state index contributed by atoms with van der Waals surface area (Å²) in [6, 6.07) is 1.41. The molecule has 0 bridgehead atoms. The van der Waals surface area contributed by atoms with Crippen LogP contribution in [0, 0.1) is 0 Å². The summed E-state index contributed by atoms with van der Waals surface area (Å²) in [5.74, 6) is 0. The third-order valence-electron chi connectivity index (χ3n) is 3.20. The van der Waals surface area contributed by atoms with Crippen LogP contribution in [0.15, 0.2) is 16.3 Å². The number of nitrogens with zero attached hydrogens (tertiary/aromatic N) is 2. The fourth-order valence-corrected chi connectivity index (χ4v) is 4.88. The Kier molecular flexibility index (Phi) is 4.93. The normalized spacial score (nSPS) is 19.0. The third-order valence-corrected chi connectivity index (χ3v) is 6.22. The molecule has 0 spiro atoms. The first-order valence-electron chi connectivity index (χ1n) is 6.20. The van der Waals surface area contributed by atoms with Crippen LogP contribution >= 0.6 is 11.3 Å². The first-order chi connectivity index (χ1) is 9.74. The average Bonchev–Trinajstić information content (AvgIpc) is 2.86. The highest BCUT2D eigenvalue weighted by Gasteiger charge is 2.35. The van der Waals surface area contributed by atoms with Crippen molar-refractivity contribution in [3.05, 3.63) is 16.3 Å². The lowest BCUT2D eigenvalue weighted by molar-refractivity contribution is -0.148. The Morgan fingerprint density at radius 3 is 2.38 bits per heavy atom. The molecular formula is C11H15F3N2O3S2. The van der Waals surface area contributed by atoms with Gasteiger partial charge in [0.1, 0.15) is 0 Å². The second-order valence-corrected chi connectivity index (χ2v) is 7.57. The van der Waals surface area contributed by atoms with Gasteiger partial charge in [-0.3, -0.25) is 4.90 Å². The zero-order valence-electron chi connectivity index (χ0n) is 11.0. The van der Waals surface area contributed by atoms with E-state index in [0.29, 0.717) is 4.88 Å². The highest BCUT2D eigenvalue weighted by molar-refractivity contribution is 7.89. The number of thiophene rings is 1.